The van der Waals surface area contributed by atoms with Crippen LogP contribution in [0.5, 0.6) is 5.75 Å². The summed E-state index contributed by atoms with van der Waals surface area (Å²) < 4.78 is 39.9. The van der Waals surface area contributed by atoms with Crippen molar-refractivity contribution in [2.75, 3.05) is 20.8 Å². The standard InChI is InChI=1S/C28H26ClF2N5O5/c1-40-8-7-23(24(37)9-16-3-5-20(28(32)39)33-12-16)36-14-25(41-2)19(11-26(36)38)18-10-17(29)4-6-22(18)35-13-21(27(30)31)34-15-35/h3-6,10-15,23,27H,7-9H2,1-2H3,(H2,32,39). The number of halogens is 3. The lowest BCUT2D eigenvalue weighted by atomic mass is 10.0. The molecule has 0 aliphatic carbocycles. The molecule has 1 amide bonds. The highest BCUT2D eigenvalue weighted by Crippen LogP contribution is 2.36. The van der Waals surface area contributed by atoms with E-state index in [9.17, 15) is 23.2 Å². The number of carbonyl (C=O) groups excluding carboxylic acids is 2. The van der Waals surface area contributed by atoms with Gasteiger partial charge >= 0.3 is 0 Å². The van der Waals surface area contributed by atoms with Crippen molar-refractivity contribution in [1.29, 1.82) is 0 Å². The molecule has 0 aliphatic heterocycles. The number of nitrogens with zero attached hydrogens (tertiary/aromatic N) is 4. The van der Waals surface area contributed by atoms with Gasteiger partial charge in [0.1, 0.15) is 17.1 Å². The number of hydrogen-bond acceptors (Lipinski definition) is 7. The number of primary amides is 1. The molecule has 214 valence electrons. The van der Waals surface area contributed by atoms with Crippen molar-refractivity contribution in [2.24, 2.45) is 5.73 Å². The van der Waals surface area contributed by atoms with Gasteiger partial charge in [-0.15, -0.1) is 0 Å². The lowest BCUT2D eigenvalue weighted by Gasteiger charge is -2.21. The van der Waals surface area contributed by atoms with E-state index < -0.39 is 29.6 Å². The van der Waals surface area contributed by atoms with E-state index in [2.05, 4.69) is 9.97 Å². The van der Waals surface area contributed by atoms with Crippen molar-refractivity contribution in [3.05, 3.63) is 93.6 Å². The number of ether oxygens (including phenoxy) is 2. The van der Waals surface area contributed by atoms with Crippen LogP contribution in [-0.4, -0.2) is 51.6 Å². The largest absolute Gasteiger partial charge is 0.495 e. The van der Waals surface area contributed by atoms with Crippen LogP contribution in [0.1, 0.15) is 40.6 Å². The zero-order valence-corrected chi connectivity index (χ0v) is 22.8. The summed E-state index contributed by atoms with van der Waals surface area (Å²) in [5.74, 6) is -0.746. The first-order valence-corrected chi connectivity index (χ1v) is 12.7. The number of methoxy groups -OCH3 is 2. The van der Waals surface area contributed by atoms with Crippen LogP contribution < -0.4 is 16.0 Å². The van der Waals surface area contributed by atoms with Gasteiger partial charge in [0.15, 0.2) is 5.78 Å². The third kappa shape index (κ3) is 6.67. The summed E-state index contributed by atoms with van der Waals surface area (Å²) in [4.78, 5) is 45.9. The van der Waals surface area contributed by atoms with Crippen LogP contribution in [0.4, 0.5) is 8.78 Å². The predicted octanol–water partition coefficient (Wildman–Crippen LogP) is 4.18. The molecule has 2 N–H and O–H groups in total. The van der Waals surface area contributed by atoms with Gasteiger partial charge in [-0.3, -0.25) is 19.4 Å². The molecule has 3 heterocycles. The Kier molecular flexibility index (Phi) is 9.25. The Hall–Kier alpha value is -4.42. The molecule has 13 heteroatoms. The number of benzene rings is 1. The topological polar surface area (TPSA) is 131 Å². The van der Waals surface area contributed by atoms with Gasteiger partial charge in [-0.05, 0) is 36.2 Å². The summed E-state index contributed by atoms with van der Waals surface area (Å²) >= 11 is 6.27. The number of nitrogens with two attached hydrogens (primary N) is 1. The zero-order valence-electron chi connectivity index (χ0n) is 22.1. The molecule has 4 rings (SSSR count). The summed E-state index contributed by atoms with van der Waals surface area (Å²) in [5.41, 5.74) is 6.11. The predicted molar refractivity (Wildman–Crippen MR) is 147 cm³/mol. The average molecular weight is 586 g/mol. The second kappa shape index (κ2) is 12.8. The third-order valence-corrected chi connectivity index (χ3v) is 6.61. The number of imidazole rings is 1. The van der Waals surface area contributed by atoms with Crippen LogP contribution in [0.15, 0.2) is 66.1 Å². The fourth-order valence-corrected chi connectivity index (χ4v) is 4.53. The Morgan fingerprint density at radius 1 is 1.07 bits per heavy atom. The van der Waals surface area contributed by atoms with E-state index in [0.717, 1.165) is 0 Å². The SMILES string of the molecule is COCCC(C(=O)Cc1ccc(C(N)=O)nc1)n1cc(OC)c(-c2cc(Cl)ccc2-n2cnc(C(F)F)c2)cc1=O. The van der Waals surface area contributed by atoms with E-state index in [4.69, 9.17) is 26.8 Å². The van der Waals surface area contributed by atoms with Crippen molar-refractivity contribution in [1.82, 2.24) is 19.1 Å². The maximum Gasteiger partial charge on any atom is 0.281 e. The van der Waals surface area contributed by atoms with Gasteiger partial charge in [-0.2, -0.15) is 0 Å². The molecule has 0 fully saturated rings. The van der Waals surface area contributed by atoms with Gasteiger partial charge in [-0.1, -0.05) is 17.7 Å². The Balaban J connectivity index is 1.75. The second-order valence-corrected chi connectivity index (χ2v) is 9.46. The number of alkyl halides is 2. The molecule has 10 nitrogen and oxygen atoms in total. The molecule has 0 saturated carbocycles. The Morgan fingerprint density at radius 2 is 1.85 bits per heavy atom. The molecule has 0 aliphatic rings. The molecule has 0 bridgehead atoms. The Morgan fingerprint density at radius 3 is 2.46 bits per heavy atom. The highest BCUT2D eigenvalue weighted by atomic mass is 35.5. The molecule has 1 unspecified atom stereocenters. The normalized spacial score (nSPS) is 12.0. The van der Waals surface area contributed by atoms with E-state index in [0.29, 0.717) is 27.4 Å². The number of carbonyl (C=O) groups is 2. The number of hydrogen-bond donors (Lipinski definition) is 1. The summed E-state index contributed by atoms with van der Waals surface area (Å²) in [6.07, 6.45) is 2.60. The minimum atomic E-state index is -2.76. The molecule has 1 aromatic carbocycles. The van der Waals surface area contributed by atoms with Gasteiger partial charge in [-0.25, -0.2) is 13.8 Å². The van der Waals surface area contributed by atoms with Gasteiger partial charge in [0, 0.05) is 54.7 Å². The fraction of sp³-hybridized carbons (Fsp3) is 0.250. The van der Waals surface area contributed by atoms with Crippen molar-refractivity contribution in [3.63, 3.8) is 0 Å². The lowest BCUT2D eigenvalue weighted by Crippen LogP contribution is -2.31. The van der Waals surface area contributed by atoms with Crippen molar-refractivity contribution in [3.8, 4) is 22.6 Å². The number of aromatic nitrogens is 4. The first-order chi connectivity index (χ1) is 19.6. The summed E-state index contributed by atoms with van der Waals surface area (Å²) in [5, 5.41) is 0.341. The first kappa shape index (κ1) is 29.6. The minimum Gasteiger partial charge on any atom is -0.495 e. The quantitative estimate of drug-likeness (QED) is 0.264. The van der Waals surface area contributed by atoms with E-state index in [-0.39, 0.29) is 36.7 Å². The summed E-state index contributed by atoms with van der Waals surface area (Å²) in [7, 11) is 2.89. The van der Waals surface area contributed by atoms with E-state index in [1.54, 1.807) is 24.3 Å². The van der Waals surface area contributed by atoms with E-state index in [1.165, 1.54) is 60.4 Å². The van der Waals surface area contributed by atoms with Crippen LogP contribution in [0, 0.1) is 0 Å². The number of rotatable bonds is 12. The van der Waals surface area contributed by atoms with E-state index in [1.807, 2.05) is 0 Å². The maximum atomic E-state index is 13.5. The fourth-order valence-electron chi connectivity index (χ4n) is 4.36. The lowest BCUT2D eigenvalue weighted by molar-refractivity contribution is -0.122. The highest BCUT2D eigenvalue weighted by molar-refractivity contribution is 6.31. The molecular weight excluding hydrogens is 560 g/mol. The summed E-state index contributed by atoms with van der Waals surface area (Å²) in [6.45, 7) is 0.192. The van der Waals surface area contributed by atoms with Crippen LogP contribution in [0.3, 0.4) is 0 Å². The third-order valence-electron chi connectivity index (χ3n) is 6.38. The average Bonchev–Trinajstić information content (AvgIpc) is 3.44. The van der Waals surface area contributed by atoms with Gasteiger partial charge in [0.2, 0.25) is 0 Å². The van der Waals surface area contributed by atoms with Gasteiger partial charge in [0.25, 0.3) is 17.9 Å². The van der Waals surface area contributed by atoms with Crippen LogP contribution in [0.2, 0.25) is 5.02 Å². The molecule has 0 radical (unpaired) electrons. The Bertz CT molecular complexity index is 1620. The molecule has 0 spiro atoms. The van der Waals surface area contributed by atoms with Crippen molar-refractivity contribution in [2.45, 2.75) is 25.3 Å². The first-order valence-electron chi connectivity index (χ1n) is 12.3. The number of Topliss-reactive ketones (excluding diaryl/α,β-unsaturated/α-hetero) is 1. The number of amides is 1. The molecular formula is C28H26ClF2N5O5. The number of pyridine rings is 2. The molecule has 41 heavy (non-hydrogen) atoms. The van der Waals surface area contributed by atoms with Crippen LogP contribution >= 0.6 is 11.6 Å². The van der Waals surface area contributed by atoms with E-state index >= 15 is 0 Å². The molecule has 3 aromatic heterocycles. The minimum absolute atomic E-state index is 0.0650. The highest BCUT2D eigenvalue weighted by Gasteiger charge is 2.25. The smallest absolute Gasteiger partial charge is 0.281 e. The van der Waals surface area contributed by atoms with Crippen molar-refractivity contribution >= 4 is 23.3 Å². The van der Waals surface area contributed by atoms with Gasteiger partial charge in [0.05, 0.1) is 31.4 Å². The van der Waals surface area contributed by atoms with Crippen LogP contribution in [0.25, 0.3) is 16.8 Å². The maximum absolute atomic E-state index is 13.5. The molecule has 4 aromatic rings. The van der Waals surface area contributed by atoms with Crippen molar-refractivity contribution < 1.29 is 27.8 Å². The Labute approximate surface area is 238 Å². The monoisotopic (exact) mass is 585 g/mol. The second-order valence-electron chi connectivity index (χ2n) is 9.03. The summed E-state index contributed by atoms with van der Waals surface area (Å²) in [6, 6.07) is 8.16. The van der Waals surface area contributed by atoms with Gasteiger partial charge < -0.3 is 24.3 Å². The zero-order chi connectivity index (χ0) is 29.7. The number of ketones is 1. The molecule has 0 saturated heterocycles. The molecule has 1 atom stereocenters. The van der Waals surface area contributed by atoms with Crippen LogP contribution in [-0.2, 0) is 16.0 Å².